The standard InChI is InChI=1S/C9H8N2O/c1-12-7-2-3-8-9(6-7)11-5-4-10-8/h2-3,6,10-11H,1H3. The van der Waals surface area contributed by atoms with Crippen LogP contribution in [0, 0.1) is 12.1 Å². The van der Waals surface area contributed by atoms with E-state index in [-0.39, 0.29) is 0 Å². The van der Waals surface area contributed by atoms with Crippen LogP contribution in [0.3, 0.4) is 0 Å². The second kappa shape index (κ2) is 2.67. The number of benzene rings is 1. The zero-order chi connectivity index (χ0) is 8.39. The second-order valence-electron chi connectivity index (χ2n) is 2.41. The molecular weight excluding hydrogens is 152 g/mol. The number of hydrogen-bond acceptors (Lipinski definition) is 3. The van der Waals surface area contributed by atoms with E-state index in [0.29, 0.717) is 0 Å². The van der Waals surface area contributed by atoms with Crippen molar-refractivity contribution in [3.63, 3.8) is 0 Å². The van der Waals surface area contributed by atoms with Crippen LogP contribution in [0.25, 0.3) is 0 Å². The lowest BCUT2D eigenvalue weighted by Crippen LogP contribution is -2.02. The molecule has 0 aliphatic carbocycles. The third-order valence-corrected chi connectivity index (χ3v) is 1.68. The average Bonchev–Trinajstić information content (AvgIpc) is 2.17. The predicted molar refractivity (Wildman–Crippen MR) is 48.0 cm³/mol. The molecular formula is C9H8N2O. The van der Waals surface area contributed by atoms with Gasteiger partial charge in [0.2, 0.25) is 0 Å². The van der Waals surface area contributed by atoms with Gasteiger partial charge in [-0.1, -0.05) is 0 Å². The fourth-order valence-electron chi connectivity index (χ4n) is 1.06. The summed E-state index contributed by atoms with van der Waals surface area (Å²) >= 11 is 0. The topological polar surface area (TPSA) is 33.3 Å². The molecule has 1 aliphatic heterocycles. The van der Waals surface area contributed by atoms with Crippen LogP contribution in [-0.2, 0) is 0 Å². The molecule has 0 bridgehead atoms. The van der Waals surface area contributed by atoms with E-state index in [1.165, 1.54) is 0 Å². The van der Waals surface area contributed by atoms with Gasteiger partial charge in [-0.3, -0.25) is 0 Å². The number of nitrogens with one attached hydrogen (secondary N) is 2. The van der Waals surface area contributed by atoms with E-state index in [9.17, 15) is 0 Å². The largest absolute Gasteiger partial charge is 0.497 e. The number of rotatable bonds is 1. The van der Waals surface area contributed by atoms with Gasteiger partial charge in [0.05, 0.1) is 18.5 Å². The first-order valence-electron chi connectivity index (χ1n) is 3.60. The summed E-state index contributed by atoms with van der Waals surface area (Å²) in [5.74, 6) is 0.826. The van der Waals surface area contributed by atoms with Gasteiger partial charge in [0, 0.05) is 18.2 Å². The Balaban J connectivity index is 2.42. The molecule has 1 aromatic rings. The Morgan fingerprint density at radius 3 is 2.67 bits per heavy atom. The van der Waals surface area contributed by atoms with Gasteiger partial charge in [-0.15, -0.1) is 0 Å². The van der Waals surface area contributed by atoms with Crippen molar-refractivity contribution in [3.8, 4) is 17.8 Å². The minimum absolute atomic E-state index is 0.826. The molecule has 0 saturated heterocycles. The molecule has 3 nitrogen and oxygen atoms in total. The number of methoxy groups -OCH3 is 1. The Hall–Kier alpha value is -1.82. The summed E-state index contributed by atoms with van der Waals surface area (Å²) in [7, 11) is 1.64. The molecule has 1 heterocycles. The highest BCUT2D eigenvalue weighted by atomic mass is 16.5. The zero-order valence-corrected chi connectivity index (χ0v) is 6.64. The molecule has 0 unspecified atom stereocenters. The SMILES string of the molecule is COc1ccc2c(c1)NC#CN2. The van der Waals surface area contributed by atoms with Gasteiger partial charge in [0.15, 0.2) is 0 Å². The number of ether oxygens (including phenoxy) is 1. The van der Waals surface area contributed by atoms with Gasteiger partial charge in [0.1, 0.15) is 5.75 Å². The van der Waals surface area contributed by atoms with Gasteiger partial charge in [-0.2, -0.15) is 0 Å². The fourth-order valence-corrected chi connectivity index (χ4v) is 1.06. The maximum Gasteiger partial charge on any atom is 0.121 e. The van der Waals surface area contributed by atoms with Crippen molar-refractivity contribution in [2.75, 3.05) is 17.7 Å². The summed E-state index contributed by atoms with van der Waals surface area (Å²) in [5.41, 5.74) is 1.93. The molecule has 12 heavy (non-hydrogen) atoms. The molecule has 0 radical (unpaired) electrons. The van der Waals surface area contributed by atoms with Crippen molar-refractivity contribution >= 4 is 11.4 Å². The van der Waals surface area contributed by atoms with Gasteiger partial charge >= 0.3 is 0 Å². The van der Waals surface area contributed by atoms with Crippen LogP contribution >= 0.6 is 0 Å². The quantitative estimate of drug-likeness (QED) is 0.610. The third-order valence-electron chi connectivity index (χ3n) is 1.68. The van der Waals surface area contributed by atoms with Crippen LogP contribution in [0.1, 0.15) is 0 Å². The van der Waals surface area contributed by atoms with Gasteiger partial charge in [0.25, 0.3) is 0 Å². The molecule has 0 fully saturated rings. The van der Waals surface area contributed by atoms with E-state index < -0.39 is 0 Å². The lowest BCUT2D eigenvalue weighted by molar-refractivity contribution is 0.415. The summed E-state index contributed by atoms with van der Waals surface area (Å²) in [4.78, 5) is 0. The maximum absolute atomic E-state index is 5.06. The van der Waals surface area contributed by atoms with E-state index in [1.54, 1.807) is 7.11 Å². The molecule has 3 heteroatoms. The minimum Gasteiger partial charge on any atom is -0.497 e. The van der Waals surface area contributed by atoms with Crippen molar-refractivity contribution in [1.82, 2.24) is 0 Å². The zero-order valence-electron chi connectivity index (χ0n) is 6.64. The highest BCUT2D eigenvalue weighted by Crippen LogP contribution is 2.27. The maximum atomic E-state index is 5.06. The van der Waals surface area contributed by atoms with E-state index in [1.807, 2.05) is 18.2 Å². The highest BCUT2D eigenvalue weighted by molar-refractivity contribution is 5.76. The molecule has 0 atom stereocenters. The number of anilines is 2. The molecule has 0 saturated carbocycles. The summed E-state index contributed by atoms with van der Waals surface area (Å²) in [5, 5.41) is 5.87. The van der Waals surface area contributed by atoms with Crippen LogP contribution < -0.4 is 15.4 Å². The third kappa shape index (κ3) is 1.04. The fraction of sp³-hybridized carbons (Fsp3) is 0.111. The Labute approximate surface area is 70.7 Å². The first kappa shape index (κ1) is 6.86. The summed E-state index contributed by atoms with van der Waals surface area (Å²) in [6, 6.07) is 11.2. The van der Waals surface area contributed by atoms with Crippen LogP contribution in [0.2, 0.25) is 0 Å². The Bertz CT molecular complexity index is 363. The van der Waals surface area contributed by atoms with Gasteiger partial charge in [-0.25, -0.2) is 0 Å². The summed E-state index contributed by atoms with van der Waals surface area (Å²) < 4.78 is 5.06. The Kier molecular flexibility index (Phi) is 1.52. The monoisotopic (exact) mass is 160 g/mol. The second-order valence-corrected chi connectivity index (χ2v) is 2.41. The predicted octanol–water partition coefficient (Wildman–Crippen LogP) is 1.45. The Morgan fingerprint density at radius 2 is 1.92 bits per heavy atom. The number of fused-ring (bicyclic) bond motifs is 1. The summed E-state index contributed by atoms with van der Waals surface area (Å²) in [6.45, 7) is 0. The average molecular weight is 160 g/mol. The normalized spacial score (nSPS) is 11.4. The van der Waals surface area contributed by atoms with Gasteiger partial charge < -0.3 is 15.4 Å². The molecule has 0 aromatic heterocycles. The number of hydrogen-bond donors (Lipinski definition) is 2. The van der Waals surface area contributed by atoms with E-state index in [0.717, 1.165) is 17.1 Å². The van der Waals surface area contributed by atoms with Crippen molar-refractivity contribution in [1.29, 1.82) is 0 Å². The van der Waals surface area contributed by atoms with Crippen LogP contribution in [0.15, 0.2) is 18.2 Å². The molecule has 0 spiro atoms. The van der Waals surface area contributed by atoms with Crippen molar-refractivity contribution in [2.24, 2.45) is 0 Å². The Morgan fingerprint density at radius 1 is 1.17 bits per heavy atom. The summed E-state index contributed by atoms with van der Waals surface area (Å²) in [6.07, 6.45) is 0. The van der Waals surface area contributed by atoms with E-state index in [2.05, 4.69) is 22.7 Å². The highest BCUT2D eigenvalue weighted by Gasteiger charge is 2.03. The molecule has 1 aliphatic rings. The smallest absolute Gasteiger partial charge is 0.121 e. The molecule has 1 aromatic carbocycles. The van der Waals surface area contributed by atoms with Crippen LogP contribution in [-0.4, -0.2) is 7.11 Å². The van der Waals surface area contributed by atoms with Crippen molar-refractivity contribution in [3.05, 3.63) is 18.2 Å². The van der Waals surface area contributed by atoms with Crippen LogP contribution in [0.5, 0.6) is 5.75 Å². The van der Waals surface area contributed by atoms with Gasteiger partial charge in [-0.05, 0) is 12.1 Å². The van der Waals surface area contributed by atoms with Crippen molar-refractivity contribution < 1.29 is 4.74 Å². The lowest BCUT2D eigenvalue weighted by Gasteiger charge is -2.11. The van der Waals surface area contributed by atoms with Crippen LogP contribution in [0.4, 0.5) is 11.4 Å². The molecule has 2 N–H and O–H groups in total. The minimum atomic E-state index is 0.826. The molecule has 0 amide bonds. The first-order valence-corrected chi connectivity index (χ1v) is 3.60. The lowest BCUT2D eigenvalue weighted by atomic mass is 10.2. The molecule has 2 rings (SSSR count). The van der Waals surface area contributed by atoms with E-state index in [4.69, 9.17) is 4.74 Å². The molecule has 60 valence electrons. The van der Waals surface area contributed by atoms with Crippen molar-refractivity contribution in [2.45, 2.75) is 0 Å². The van der Waals surface area contributed by atoms with E-state index >= 15 is 0 Å². The first-order chi connectivity index (χ1) is 5.90.